The Morgan fingerprint density at radius 3 is 2.29 bits per heavy atom. The molecule has 3 atom stereocenters. The summed E-state index contributed by atoms with van der Waals surface area (Å²) in [4.78, 5) is 52.0. The fraction of sp³-hybridized carbons (Fsp3) is 0.455. The number of hydrogen-bond acceptors (Lipinski definition) is 7. The van der Waals surface area contributed by atoms with Crippen LogP contribution in [0.15, 0.2) is 48.7 Å². The molecule has 5 aromatic rings. The molecular formula is C44H49F2N7O5S. The molecule has 3 amide bonds. The van der Waals surface area contributed by atoms with Crippen molar-refractivity contribution in [2.45, 2.75) is 83.0 Å². The van der Waals surface area contributed by atoms with Crippen molar-refractivity contribution in [1.29, 1.82) is 0 Å². The molecule has 12 nitrogen and oxygen atoms in total. The largest absolute Gasteiger partial charge is 0.453 e. The van der Waals surface area contributed by atoms with Crippen LogP contribution in [0.5, 0.6) is 0 Å². The van der Waals surface area contributed by atoms with Crippen LogP contribution in [0.2, 0.25) is 0 Å². The van der Waals surface area contributed by atoms with E-state index in [4.69, 9.17) is 14.5 Å². The molecule has 0 bridgehead atoms. The van der Waals surface area contributed by atoms with Gasteiger partial charge < -0.3 is 39.5 Å². The number of nitrogens with one attached hydrogen (secondary N) is 4. The van der Waals surface area contributed by atoms with Gasteiger partial charge in [0.25, 0.3) is 5.92 Å². The number of thioether (sulfide) groups is 1. The van der Waals surface area contributed by atoms with Gasteiger partial charge in [0, 0.05) is 46.6 Å². The maximum atomic E-state index is 16.7. The fourth-order valence-electron chi connectivity index (χ4n) is 9.64. The standard InChI is InChI=1S/C44H49F2N7O5S/c1-23(2)36(51-42(56)58-4)40(54)53-22-43(13-14-43)20-35(53)39-47-21-33(49-39)25-9-11-27-26-10-8-24(17-29(26)44(45,46)30(27)18-25)32-19-28-37(48-32)34-7-6-15-52(34)38(28)31(12-16-59-5)50-41(55)57-3/h8-11,17-19,21,23,31,35-36,48H,6-7,12-16,20,22H2,1-5H3,(H,47,49)(H,50,55)(H,51,56). The highest BCUT2D eigenvalue weighted by Crippen LogP contribution is 2.59. The summed E-state index contributed by atoms with van der Waals surface area (Å²) in [7, 11) is 2.63. The minimum absolute atomic E-state index is 0.0226. The van der Waals surface area contributed by atoms with E-state index >= 15 is 8.78 Å². The summed E-state index contributed by atoms with van der Waals surface area (Å²) in [5.74, 6) is -2.20. The number of fused-ring (bicyclic) bond motifs is 6. The number of methoxy groups -OCH3 is 2. The number of alkyl halides is 2. The minimum atomic E-state index is -3.26. The molecule has 2 fully saturated rings. The van der Waals surface area contributed by atoms with E-state index in [0.29, 0.717) is 40.3 Å². The van der Waals surface area contributed by atoms with Crippen molar-refractivity contribution in [3.63, 3.8) is 0 Å². The molecule has 15 heteroatoms. The SMILES string of the molecule is COC(=O)NC(CCSC)c1c2cc(-c3ccc4c(c3)C(F)(F)c3cc(-c5cnc(C6CC7(CC7)CN6C(=O)C(NC(=O)OC)C(C)C)[nH]5)ccc3-4)[nH]c2c2n1CCC2. The quantitative estimate of drug-likeness (QED) is 0.104. The van der Waals surface area contributed by atoms with Gasteiger partial charge in [0.1, 0.15) is 11.9 Å². The predicted octanol–water partition coefficient (Wildman–Crippen LogP) is 8.68. The highest BCUT2D eigenvalue weighted by Gasteiger charge is 2.55. The number of H-pyrrole nitrogens is 2. The van der Waals surface area contributed by atoms with E-state index in [1.165, 1.54) is 14.2 Å². The summed E-state index contributed by atoms with van der Waals surface area (Å²) in [6, 6.07) is 11.0. The van der Waals surface area contributed by atoms with Gasteiger partial charge in [-0.1, -0.05) is 38.1 Å². The fourth-order valence-corrected chi connectivity index (χ4v) is 10.1. The summed E-state index contributed by atoms with van der Waals surface area (Å²) >= 11 is 1.71. The van der Waals surface area contributed by atoms with Gasteiger partial charge in [0.05, 0.1) is 49.4 Å². The Bertz CT molecular complexity index is 2490. The zero-order chi connectivity index (χ0) is 41.4. The normalized spacial score (nSPS) is 19.1. The Labute approximate surface area is 345 Å². The molecule has 4 aliphatic rings. The zero-order valence-electron chi connectivity index (χ0n) is 33.8. The van der Waals surface area contributed by atoms with E-state index < -0.39 is 24.2 Å². The third kappa shape index (κ3) is 6.65. The first-order chi connectivity index (χ1) is 28.4. The smallest absolute Gasteiger partial charge is 0.407 e. The lowest BCUT2D eigenvalue weighted by molar-refractivity contribution is -0.135. The van der Waals surface area contributed by atoms with E-state index in [2.05, 4.69) is 25.2 Å². The molecule has 59 heavy (non-hydrogen) atoms. The molecule has 1 saturated carbocycles. The number of amides is 3. The van der Waals surface area contributed by atoms with Gasteiger partial charge in [-0.15, -0.1) is 0 Å². The van der Waals surface area contributed by atoms with Crippen LogP contribution < -0.4 is 10.6 Å². The molecule has 2 aliphatic carbocycles. The summed E-state index contributed by atoms with van der Waals surface area (Å²) in [6.45, 7) is 5.17. The molecule has 5 heterocycles. The molecule has 2 aliphatic heterocycles. The van der Waals surface area contributed by atoms with Crippen molar-refractivity contribution >= 4 is 40.8 Å². The van der Waals surface area contributed by atoms with Crippen LogP contribution in [-0.4, -0.2) is 81.3 Å². The van der Waals surface area contributed by atoms with Gasteiger partial charge in [-0.3, -0.25) is 4.79 Å². The van der Waals surface area contributed by atoms with Gasteiger partial charge in [-0.05, 0) is 96.8 Å². The molecule has 9 rings (SSSR count). The summed E-state index contributed by atoms with van der Waals surface area (Å²) in [5.41, 5.74) is 6.54. The second kappa shape index (κ2) is 14.8. The summed E-state index contributed by atoms with van der Waals surface area (Å²) in [5, 5.41) is 6.72. The van der Waals surface area contributed by atoms with E-state index in [1.54, 1.807) is 42.2 Å². The number of hydrogen-bond donors (Lipinski definition) is 4. The Kier molecular flexibility index (Phi) is 9.79. The summed E-state index contributed by atoms with van der Waals surface area (Å²) < 4.78 is 45.4. The average Bonchev–Trinajstić information content (AvgIpc) is 3.85. The van der Waals surface area contributed by atoms with Crippen molar-refractivity contribution in [2.24, 2.45) is 11.3 Å². The second-order valence-corrected chi connectivity index (χ2v) is 17.8. The lowest BCUT2D eigenvalue weighted by atomic mass is 10.0. The van der Waals surface area contributed by atoms with E-state index in [0.717, 1.165) is 78.8 Å². The number of imidazole rings is 1. The molecule has 0 radical (unpaired) electrons. The Morgan fingerprint density at radius 1 is 0.966 bits per heavy atom. The molecule has 1 spiro atoms. The molecule has 1 saturated heterocycles. The number of halogens is 2. The van der Waals surface area contributed by atoms with Gasteiger partial charge >= 0.3 is 12.2 Å². The highest BCUT2D eigenvalue weighted by molar-refractivity contribution is 7.98. The van der Waals surface area contributed by atoms with Crippen LogP contribution in [0.4, 0.5) is 18.4 Å². The first-order valence-electron chi connectivity index (χ1n) is 20.3. The monoisotopic (exact) mass is 825 g/mol. The number of carbonyl (C=O) groups is 3. The number of ether oxygens (including phenoxy) is 2. The van der Waals surface area contributed by atoms with Gasteiger partial charge in [0.15, 0.2) is 0 Å². The van der Waals surface area contributed by atoms with Gasteiger partial charge in [-0.2, -0.15) is 20.5 Å². The maximum absolute atomic E-state index is 16.7. The Hall–Kier alpha value is -5.31. The first-order valence-corrected chi connectivity index (χ1v) is 21.7. The van der Waals surface area contributed by atoms with Crippen molar-refractivity contribution in [3.8, 4) is 33.6 Å². The maximum Gasteiger partial charge on any atom is 0.407 e. The van der Waals surface area contributed by atoms with Gasteiger partial charge in [0.2, 0.25) is 5.91 Å². The molecule has 310 valence electrons. The molecular weight excluding hydrogens is 777 g/mol. The van der Waals surface area contributed by atoms with E-state index in [1.807, 2.05) is 43.2 Å². The highest BCUT2D eigenvalue weighted by atomic mass is 32.2. The van der Waals surface area contributed by atoms with E-state index in [9.17, 15) is 14.4 Å². The van der Waals surface area contributed by atoms with Crippen LogP contribution in [-0.2, 0) is 33.2 Å². The van der Waals surface area contributed by atoms with Crippen LogP contribution in [0.1, 0.15) is 86.4 Å². The first kappa shape index (κ1) is 39.2. The van der Waals surface area contributed by atoms with Gasteiger partial charge in [-0.25, -0.2) is 14.6 Å². The summed E-state index contributed by atoms with van der Waals surface area (Å²) in [6.07, 6.45) is 7.87. The lowest BCUT2D eigenvalue weighted by Gasteiger charge is -2.30. The van der Waals surface area contributed by atoms with E-state index in [-0.39, 0.29) is 40.5 Å². The molecule has 2 aromatic carbocycles. The van der Waals surface area contributed by atoms with Crippen molar-refractivity contribution < 1.29 is 32.6 Å². The average molecular weight is 826 g/mol. The number of rotatable bonds is 11. The zero-order valence-corrected chi connectivity index (χ0v) is 34.7. The number of alkyl carbamates (subject to hydrolysis) is 2. The van der Waals surface area contributed by atoms with Crippen molar-refractivity contribution in [3.05, 3.63) is 77.0 Å². The number of carbonyl (C=O) groups excluding carboxylic acids is 3. The van der Waals surface area contributed by atoms with Crippen LogP contribution in [0.3, 0.4) is 0 Å². The lowest BCUT2D eigenvalue weighted by Crippen LogP contribution is -2.51. The molecule has 4 N–H and O–H groups in total. The number of likely N-dealkylation sites (tertiary alicyclic amines) is 1. The molecule has 3 aromatic heterocycles. The molecule has 3 unspecified atom stereocenters. The predicted molar refractivity (Wildman–Crippen MR) is 222 cm³/mol. The van der Waals surface area contributed by atoms with Crippen molar-refractivity contribution in [2.75, 3.05) is 32.8 Å². The Morgan fingerprint density at radius 2 is 1.64 bits per heavy atom. The second-order valence-electron chi connectivity index (χ2n) is 16.8. The number of aryl methyl sites for hydroxylation is 1. The number of aromatic nitrogens is 4. The van der Waals surface area contributed by atoms with Crippen LogP contribution in [0, 0.1) is 11.3 Å². The van der Waals surface area contributed by atoms with Crippen LogP contribution >= 0.6 is 11.8 Å². The number of aromatic amines is 2. The number of nitrogens with zero attached hydrogens (tertiary/aromatic N) is 3. The van der Waals surface area contributed by atoms with Crippen LogP contribution in [0.25, 0.3) is 44.5 Å². The minimum Gasteiger partial charge on any atom is -0.453 e. The topological polar surface area (TPSA) is 146 Å². The Balaban J connectivity index is 1.00. The number of benzene rings is 2. The third-order valence-electron chi connectivity index (χ3n) is 12.9. The van der Waals surface area contributed by atoms with Crippen molar-refractivity contribution in [1.82, 2.24) is 35.1 Å². The third-order valence-corrected chi connectivity index (χ3v) is 13.5.